The third-order valence-corrected chi connectivity index (χ3v) is 13.4. The fourth-order valence-electron chi connectivity index (χ4n) is 10.5. The summed E-state index contributed by atoms with van der Waals surface area (Å²) in [6.45, 7) is 0. The molecule has 0 aliphatic heterocycles. The van der Waals surface area contributed by atoms with Gasteiger partial charge in [0.2, 0.25) is 0 Å². The van der Waals surface area contributed by atoms with Gasteiger partial charge in [-0.15, -0.1) is 0 Å². The Morgan fingerprint density at radius 3 is 1.60 bits per heavy atom. The van der Waals surface area contributed by atoms with E-state index in [0.29, 0.717) is 0 Å². The molecule has 14 aromatic rings. The summed E-state index contributed by atoms with van der Waals surface area (Å²) < 4.78 is 15.3. The molecule has 0 radical (unpaired) electrons. The van der Waals surface area contributed by atoms with E-state index in [1.807, 2.05) is 18.2 Å². The zero-order valence-electron chi connectivity index (χ0n) is 34.0. The van der Waals surface area contributed by atoms with Gasteiger partial charge in [0.1, 0.15) is 22.5 Å². The fraction of sp³-hybridized carbons (Fsp3) is 0. The molecular formula is C60H35NO2. The molecule has 0 saturated carbocycles. The van der Waals surface area contributed by atoms with Gasteiger partial charge in [-0.2, -0.15) is 0 Å². The lowest BCUT2D eigenvalue weighted by Crippen LogP contribution is -1.93. The van der Waals surface area contributed by atoms with Gasteiger partial charge in [0, 0.05) is 49.8 Å². The second-order valence-electron chi connectivity index (χ2n) is 16.8. The van der Waals surface area contributed by atoms with Crippen molar-refractivity contribution in [1.82, 2.24) is 4.57 Å². The van der Waals surface area contributed by atoms with Crippen LogP contribution in [0.4, 0.5) is 0 Å². The van der Waals surface area contributed by atoms with E-state index in [2.05, 4.69) is 199 Å². The Kier molecular flexibility index (Phi) is 7.11. The lowest BCUT2D eigenvalue weighted by molar-refractivity contribution is 0.632. The summed E-state index contributed by atoms with van der Waals surface area (Å²) in [6, 6.07) is 76.8. The summed E-state index contributed by atoms with van der Waals surface area (Å²) in [5.74, 6) is 0.896. The van der Waals surface area contributed by atoms with E-state index in [1.165, 1.54) is 70.9 Å². The number of benzene rings is 11. The van der Waals surface area contributed by atoms with Gasteiger partial charge < -0.3 is 13.4 Å². The Balaban J connectivity index is 0.931. The monoisotopic (exact) mass is 801 g/mol. The number of aromatic nitrogens is 1. The largest absolute Gasteiger partial charge is 0.456 e. The van der Waals surface area contributed by atoms with Gasteiger partial charge >= 0.3 is 0 Å². The number of para-hydroxylation sites is 3. The molecule has 0 fully saturated rings. The van der Waals surface area contributed by atoms with Gasteiger partial charge in [-0.05, 0) is 103 Å². The van der Waals surface area contributed by atoms with Crippen LogP contribution >= 0.6 is 0 Å². The maximum Gasteiger partial charge on any atom is 0.143 e. The number of fused-ring (bicyclic) bond motifs is 7. The van der Waals surface area contributed by atoms with E-state index < -0.39 is 0 Å². The highest BCUT2D eigenvalue weighted by Crippen LogP contribution is 2.46. The van der Waals surface area contributed by atoms with Crippen molar-refractivity contribution in [1.29, 1.82) is 0 Å². The number of furan rings is 2. The lowest BCUT2D eigenvalue weighted by Gasteiger charge is -2.17. The highest BCUT2D eigenvalue weighted by Gasteiger charge is 2.21. The Morgan fingerprint density at radius 2 is 0.873 bits per heavy atom. The Hall–Kier alpha value is -8.40. The van der Waals surface area contributed by atoms with Gasteiger partial charge in [0.05, 0.1) is 11.0 Å². The molecule has 11 aromatic carbocycles. The summed E-state index contributed by atoms with van der Waals surface area (Å²) in [5.41, 5.74) is 14.3. The molecule has 3 heterocycles. The molecule has 0 atom stereocenters. The van der Waals surface area contributed by atoms with Crippen LogP contribution in [-0.4, -0.2) is 4.57 Å². The van der Waals surface area contributed by atoms with Crippen LogP contribution < -0.4 is 0 Å². The molecule has 0 N–H and O–H groups in total. The maximum absolute atomic E-state index is 6.50. The van der Waals surface area contributed by atoms with Crippen molar-refractivity contribution in [3.8, 4) is 50.4 Å². The molecule has 3 aromatic heterocycles. The van der Waals surface area contributed by atoms with Crippen LogP contribution in [0.2, 0.25) is 0 Å². The quantitative estimate of drug-likeness (QED) is 0.162. The van der Waals surface area contributed by atoms with E-state index in [0.717, 1.165) is 66.6 Å². The lowest BCUT2D eigenvalue weighted by atomic mass is 9.87. The van der Waals surface area contributed by atoms with E-state index in [-0.39, 0.29) is 0 Å². The fourth-order valence-corrected chi connectivity index (χ4v) is 10.5. The average molecular weight is 802 g/mol. The number of hydrogen-bond donors (Lipinski definition) is 0. The zero-order chi connectivity index (χ0) is 41.2. The summed E-state index contributed by atoms with van der Waals surface area (Å²) in [5, 5.41) is 13.4. The number of hydrogen-bond acceptors (Lipinski definition) is 2. The van der Waals surface area contributed by atoms with Gasteiger partial charge in [0.15, 0.2) is 0 Å². The van der Waals surface area contributed by atoms with Crippen LogP contribution in [0.3, 0.4) is 0 Å². The SMILES string of the molecule is c1ccc(-c2oc3ccccc3c2-c2ccc(-c3ccc4ccc5c(-c6ccc7c(c6)c6cc8c(cc6n7-c6ccccc6)oc6ccccc68)ccc6ccc3c4c65)cc2)cc1. The summed E-state index contributed by atoms with van der Waals surface area (Å²) >= 11 is 0. The molecule has 292 valence electrons. The van der Waals surface area contributed by atoms with E-state index in [9.17, 15) is 0 Å². The Bertz CT molecular complexity index is 4110. The van der Waals surface area contributed by atoms with Crippen LogP contribution in [-0.2, 0) is 0 Å². The summed E-state index contributed by atoms with van der Waals surface area (Å²) in [7, 11) is 0. The van der Waals surface area contributed by atoms with Gasteiger partial charge in [-0.1, -0.05) is 164 Å². The van der Waals surface area contributed by atoms with Crippen molar-refractivity contribution in [3.63, 3.8) is 0 Å². The van der Waals surface area contributed by atoms with Crippen LogP contribution in [0.25, 0.3) is 137 Å². The molecule has 0 aliphatic carbocycles. The maximum atomic E-state index is 6.50. The Morgan fingerprint density at radius 1 is 0.302 bits per heavy atom. The summed E-state index contributed by atoms with van der Waals surface area (Å²) in [6.07, 6.45) is 0. The van der Waals surface area contributed by atoms with Gasteiger partial charge in [0.25, 0.3) is 0 Å². The number of rotatable bonds is 5. The molecule has 0 bridgehead atoms. The third kappa shape index (κ3) is 5.02. The Labute approximate surface area is 361 Å². The first-order chi connectivity index (χ1) is 31.2. The van der Waals surface area contributed by atoms with E-state index in [1.54, 1.807) is 0 Å². The molecule has 3 heteroatoms. The number of nitrogens with zero attached hydrogens (tertiary/aromatic N) is 1. The van der Waals surface area contributed by atoms with Crippen molar-refractivity contribution in [2.75, 3.05) is 0 Å². The normalized spacial score (nSPS) is 12.1. The third-order valence-electron chi connectivity index (χ3n) is 13.4. The molecule has 3 nitrogen and oxygen atoms in total. The minimum Gasteiger partial charge on any atom is -0.456 e. The van der Waals surface area contributed by atoms with Crippen LogP contribution in [0.1, 0.15) is 0 Å². The predicted molar refractivity (Wildman–Crippen MR) is 263 cm³/mol. The first-order valence-electron chi connectivity index (χ1n) is 21.6. The highest BCUT2D eigenvalue weighted by molar-refractivity contribution is 6.28. The van der Waals surface area contributed by atoms with E-state index >= 15 is 0 Å². The second kappa shape index (κ2) is 13.1. The minimum atomic E-state index is 0.893. The second-order valence-corrected chi connectivity index (χ2v) is 16.8. The molecule has 14 rings (SSSR count). The van der Waals surface area contributed by atoms with E-state index in [4.69, 9.17) is 8.83 Å². The van der Waals surface area contributed by atoms with Crippen molar-refractivity contribution in [2.24, 2.45) is 0 Å². The first kappa shape index (κ1) is 34.3. The van der Waals surface area contributed by atoms with Gasteiger partial charge in [-0.25, -0.2) is 0 Å². The molecule has 0 aliphatic rings. The van der Waals surface area contributed by atoms with Crippen LogP contribution in [0, 0.1) is 0 Å². The zero-order valence-corrected chi connectivity index (χ0v) is 34.0. The molecule has 63 heavy (non-hydrogen) atoms. The van der Waals surface area contributed by atoms with Crippen molar-refractivity contribution >= 4 is 87.0 Å². The first-order valence-corrected chi connectivity index (χ1v) is 21.6. The molecule has 0 unspecified atom stereocenters. The van der Waals surface area contributed by atoms with Crippen molar-refractivity contribution in [2.45, 2.75) is 0 Å². The minimum absolute atomic E-state index is 0.893. The highest BCUT2D eigenvalue weighted by atomic mass is 16.3. The van der Waals surface area contributed by atoms with Crippen molar-refractivity contribution in [3.05, 3.63) is 212 Å². The molecular weight excluding hydrogens is 767 g/mol. The average Bonchev–Trinajstić information content (AvgIpc) is 4.02. The van der Waals surface area contributed by atoms with Crippen LogP contribution in [0.5, 0.6) is 0 Å². The molecule has 0 saturated heterocycles. The summed E-state index contributed by atoms with van der Waals surface area (Å²) in [4.78, 5) is 0. The van der Waals surface area contributed by atoms with Gasteiger partial charge in [-0.3, -0.25) is 0 Å². The topological polar surface area (TPSA) is 31.2 Å². The smallest absolute Gasteiger partial charge is 0.143 e. The van der Waals surface area contributed by atoms with Crippen LogP contribution in [0.15, 0.2) is 221 Å². The molecule has 0 spiro atoms. The molecule has 0 amide bonds. The predicted octanol–water partition coefficient (Wildman–Crippen LogP) is 17.0. The van der Waals surface area contributed by atoms with Crippen molar-refractivity contribution < 1.29 is 8.83 Å². The standard InChI is InChI=1S/C60H35NO2/c1-3-11-40(12-4-1)60-59(48-16-8-10-18-55(48)63-60)39-21-19-36(20-22-39)43-28-23-37-26-31-47-44(29-24-38-25-30-46(43)57(37)58(38)47)41-27-32-52-49(33-41)50-34-51-45-15-7-9-17-54(45)62-56(51)35-53(50)61(52)42-13-5-2-6-14-42/h1-35H.